The molecular weight excluding hydrogens is 719 g/mol. The molecule has 0 N–H and O–H groups in total. The highest BCUT2D eigenvalue weighted by molar-refractivity contribution is 7.26. The maximum Gasteiger partial charge on any atom is 0.0711 e. The maximum atomic E-state index is 2.49. The van der Waals surface area contributed by atoms with Crippen LogP contribution in [0.4, 0.5) is 17.1 Å². The van der Waals surface area contributed by atoms with E-state index in [4.69, 9.17) is 0 Å². The highest BCUT2D eigenvalue weighted by atomic mass is 32.1. The largest absolute Gasteiger partial charge is 0.310 e. The molecule has 0 spiro atoms. The zero-order valence-corrected chi connectivity index (χ0v) is 33.6. The van der Waals surface area contributed by atoms with Crippen LogP contribution in [-0.4, -0.2) is 0 Å². The highest BCUT2D eigenvalue weighted by Gasteiger charge is 2.46. The molecule has 0 saturated heterocycles. The number of thiophene rings is 1. The van der Waals surface area contributed by atoms with E-state index in [0.717, 1.165) is 23.5 Å². The molecule has 0 aliphatic heterocycles. The third-order valence-electron chi connectivity index (χ3n) is 11.7. The average molecular weight is 762 g/mol. The van der Waals surface area contributed by atoms with Gasteiger partial charge in [-0.2, -0.15) is 0 Å². The molecule has 1 atom stereocenters. The Bertz CT molecular complexity index is 3010. The number of rotatable bonds is 9. The fourth-order valence-corrected chi connectivity index (χ4v) is 10.6. The smallest absolute Gasteiger partial charge is 0.0711 e. The van der Waals surface area contributed by atoms with Crippen molar-refractivity contribution in [2.24, 2.45) is 0 Å². The van der Waals surface area contributed by atoms with Gasteiger partial charge in [0.05, 0.1) is 11.1 Å². The molecule has 1 nitrogen and oxygen atoms in total. The van der Waals surface area contributed by atoms with Gasteiger partial charge in [-0.25, -0.2) is 0 Å². The third-order valence-corrected chi connectivity index (χ3v) is 13.0. The molecule has 0 amide bonds. The lowest BCUT2D eigenvalue weighted by Gasteiger charge is -2.36. The van der Waals surface area contributed by atoms with Gasteiger partial charge in [0.1, 0.15) is 0 Å². The molecule has 8 aromatic carbocycles. The Morgan fingerprint density at radius 1 is 0.534 bits per heavy atom. The van der Waals surface area contributed by atoms with E-state index in [1.807, 2.05) is 11.3 Å². The number of fused-ring (bicyclic) bond motifs is 6. The Balaban J connectivity index is 1.27. The number of anilines is 3. The molecule has 58 heavy (non-hydrogen) atoms. The van der Waals surface area contributed by atoms with Crippen LogP contribution >= 0.6 is 11.3 Å². The second-order valence-corrected chi connectivity index (χ2v) is 16.1. The molecule has 0 fully saturated rings. The van der Waals surface area contributed by atoms with Crippen molar-refractivity contribution in [2.75, 3.05) is 4.90 Å². The fourth-order valence-electron chi connectivity index (χ4n) is 9.37. The number of allylic oxidation sites excluding steroid dienone is 4. The third kappa shape index (κ3) is 5.75. The van der Waals surface area contributed by atoms with Crippen LogP contribution in [0.1, 0.15) is 37.0 Å². The topological polar surface area (TPSA) is 3.24 Å². The molecule has 9 aromatic rings. The van der Waals surface area contributed by atoms with Crippen molar-refractivity contribution in [2.45, 2.75) is 25.7 Å². The second kappa shape index (κ2) is 15.0. The first-order valence-corrected chi connectivity index (χ1v) is 21.1. The molecule has 0 saturated carbocycles. The zero-order valence-electron chi connectivity index (χ0n) is 32.8. The van der Waals surface area contributed by atoms with Gasteiger partial charge in [0, 0.05) is 42.7 Å². The van der Waals surface area contributed by atoms with Crippen LogP contribution in [0.2, 0.25) is 0 Å². The molecule has 0 radical (unpaired) electrons. The summed E-state index contributed by atoms with van der Waals surface area (Å²) in [5.41, 5.74) is 15.4. The normalized spacial score (nSPS) is 14.9. The Morgan fingerprint density at radius 3 is 2.00 bits per heavy atom. The van der Waals surface area contributed by atoms with Crippen LogP contribution in [0.5, 0.6) is 0 Å². The molecular formula is C56H43NS. The molecule has 1 aliphatic rings. The number of hydrogen-bond acceptors (Lipinski definition) is 2. The molecule has 1 aliphatic carbocycles. The Morgan fingerprint density at radius 2 is 1.17 bits per heavy atom. The minimum absolute atomic E-state index is 0.508. The first-order valence-electron chi connectivity index (χ1n) is 20.3. The minimum atomic E-state index is -0.508. The number of para-hydroxylation sites is 1. The summed E-state index contributed by atoms with van der Waals surface area (Å²) in [7, 11) is 0. The number of hydrogen-bond donors (Lipinski definition) is 0. The molecule has 278 valence electrons. The van der Waals surface area contributed by atoms with E-state index in [2.05, 4.69) is 231 Å². The molecule has 10 rings (SSSR count). The van der Waals surface area contributed by atoms with E-state index in [1.54, 1.807) is 0 Å². The van der Waals surface area contributed by atoms with E-state index >= 15 is 0 Å². The van der Waals surface area contributed by atoms with E-state index in [9.17, 15) is 0 Å². The van der Waals surface area contributed by atoms with Gasteiger partial charge in [0.15, 0.2) is 0 Å². The van der Waals surface area contributed by atoms with E-state index in [-0.39, 0.29) is 0 Å². The van der Waals surface area contributed by atoms with Gasteiger partial charge in [-0.15, -0.1) is 11.3 Å². The lowest BCUT2D eigenvalue weighted by atomic mass is 9.66. The molecule has 1 unspecified atom stereocenters. The summed E-state index contributed by atoms with van der Waals surface area (Å²) in [5.74, 6) is 0. The Hall–Kier alpha value is -6.74. The summed E-state index contributed by atoms with van der Waals surface area (Å²) in [4.78, 5) is 2.49. The Labute approximate surface area is 345 Å². The van der Waals surface area contributed by atoms with Crippen LogP contribution in [0.25, 0.3) is 53.6 Å². The van der Waals surface area contributed by atoms with Crippen LogP contribution in [0.3, 0.4) is 0 Å². The highest BCUT2D eigenvalue weighted by Crippen LogP contribution is 2.58. The van der Waals surface area contributed by atoms with Crippen molar-refractivity contribution < 1.29 is 0 Å². The summed E-state index contributed by atoms with van der Waals surface area (Å²) in [6.45, 7) is 4.38. The van der Waals surface area contributed by atoms with Crippen molar-refractivity contribution >= 4 is 48.6 Å². The van der Waals surface area contributed by atoms with Crippen molar-refractivity contribution in [3.8, 4) is 33.4 Å². The van der Waals surface area contributed by atoms with E-state index in [0.29, 0.717) is 0 Å². The minimum Gasteiger partial charge on any atom is -0.310 e. The maximum absolute atomic E-state index is 2.49. The lowest BCUT2D eigenvalue weighted by Crippen LogP contribution is -2.29. The van der Waals surface area contributed by atoms with Crippen molar-refractivity contribution in [3.63, 3.8) is 0 Å². The van der Waals surface area contributed by atoms with Crippen molar-refractivity contribution in [1.82, 2.24) is 0 Å². The molecule has 1 aromatic heterocycles. The molecule has 2 heteroatoms. The molecule has 0 bridgehead atoms. The first-order chi connectivity index (χ1) is 28.7. The van der Waals surface area contributed by atoms with Crippen LogP contribution in [0, 0.1) is 0 Å². The SMILES string of the molecule is C/C=C\C(=C/CC)C1(c2ccccc2)c2ccccc2-c2ccc(N(c3cccc(-c4ccccc4)c3)c3ccccc3-c3cccc4c3sc3ccccc34)cc21. The van der Waals surface area contributed by atoms with E-state index < -0.39 is 5.41 Å². The monoisotopic (exact) mass is 761 g/mol. The van der Waals surface area contributed by atoms with Crippen molar-refractivity contribution in [3.05, 3.63) is 235 Å². The summed E-state index contributed by atoms with van der Waals surface area (Å²) in [5, 5.41) is 2.61. The predicted molar refractivity (Wildman–Crippen MR) is 250 cm³/mol. The van der Waals surface area contributed by atoms with Gasteiger partial charge >= 0.3 is 0 Å². The summed E-state index contributed by atoms with van der Waals surface area (Å²) in [6.07, 6.45) is 7.88. The van der Waals surface area contributed by atoms with Gasteiger partial charge in [-0.3, -0.25) is 0 Å². The van der Waals surface area contributed by atoms with Gasteiger partial charge in [-0.05, 0) is 94.3 Å². The van der Waals surface area contributed by atoms with E-state index in [1.165, 1.54) is 75.8 Å². The summed E-state index contributed by atoms with van der Waals surface area (Å²) < 4.78 is 2.62. The quantitative estimate of drug-likeness (QED) is 0.132. The van der Waals surface area contributed by atoms with Gasteiger partial charge < -0.3 is 4.90 Å². The lowest BCUT2D eigenvalue weighted by molar-refractivity contribution is 0.761. The van der Waals surface area contributed by atoms with Gasteiger partial charge in [-0.1, -0.05) is 183 Å². The standard InChI is InChI=1S/C56H43NS/c1-3-19-41(20-4-2)56(42-24-9-6-10-25-42)51-32-14-11-27-45(51)46-36-35-44(38-52(46)56)57(43-26-17-23-40(37-43)39-21-7-5-8-22-39)53-33-15-12-28-47(53)49-30-18-31-50-48-29-13-16-34-54(48)58-55(49)50/h3,5-38H,4H2,1-2H3/b19-3-,41-20+. The summed E-state index contributed by atoms with van der Waals surface area (Å²) >= 11 is 1.88. The zero-order chi connectivity index (χ0) is 39.1. The fraction of sp³-hybridized carbons (Fsp3) is 0.0714. The number of benzene rings is 8. The van der Waals surface area contributed by atoms with Gasteiger partial charge in [0.25, 0.3) is 0 Å². The van der Waals surface area contributed by atoms with Gasteiger partial charge in [0.2, 0.25) is 0 Å². The first kappa shape index (κ1) is 35.7. The average Bonchev–Trinajstić information content (AvgIpc) is 3.81. The Kier molecular flexibility index (Phi) is 9.20. The van der Waals surface area contributed by atoms with Crippen LogP contribution in [0.15, 0.2) is 218 Å². The number of nitrogens with zero attached hydrogens (tertiary/aromatic N) is 1. The molecule has 1 heterocycles. The summed E-state index contributed by atoms with van der Waals surface area (Å²) in [6, 6.07) is 71.7. The predicted octanol–water partition coefficient (Wildman–Crippen LogP) is 16.1. The van der Waals surface area contributed by atoms with Crippen LogP contribution in [-0.2, 0) is 5.41 Å². The second-order valence-electron chi connectivity index (χ2n) is 15.0. The van der Waals surface area contributed by atoms with Crippen molar-refractivity contribution in [1.29, 1.82) is 0 Å². The van der Waals surface area contributed by atoms with Crippen LogP contribution < -0.4 is 4.90 Å².